The van der Waals surface area contributed by atoms with Crippen LogP contribution in [0.3, 0.4) is 0 Å². The smallest absolute Gasteiger partial charge is 0.399 e. The van der Waals surface area contributed by atoms with Crippen LogP contribution in [0.5, 0.6) is 0 Å². The van der Waals surface area contributed by atoms with Crippen LogP contribution in [0.1, 0.15) is 0 Å². The number of aromatic nitrogens is 2. The Morgan fingerprint density at radius 1 is 1.24 bits per heavy atom. The first-order valence-corrected chi connectivity index (χ1v) is 5.95. The fraction of sp³-hybridized carbons (Fsp3) is 0. The highest BCUT2D eigenvalue weighted by Gasteiger charge is 2.17. The zero-order valence-corrected chi connectivity index (χ0v) is 10.6. The Hall–Kier alpha value is -3.09. The first-order chi connectivity index (χ1) is 10.1. The highest BCUT2D eigenvalue weighted by molar-refractivity contribution is 5.77. The van der Waals surface area contributed by atoms with Gasteiger partial charge in [-0.2, -0.15) is 0 Å². The van der Waals surface area contributed by atoms with Gasteiger partial charge in [-0.15, -0.1) is 0 Å². The summed E-state index contributed by atoms with van der Waals surface area (Å²) in [6.07, 6.45) is 2.80. The molecule has 0 amide bonds. The van der Waals surface area contributed by atoms with E-state index in [9.17, 15) is 14.5 Å². The van der Waals surface area contributed by atoms with Gasteiger partial charge in [0.25, 0.3) is 0 Å². The molecule has 1 aromatic carbocycles. The first kappa shape index (κ1) is 12.9. The number of nitrogens with zero attached hydrogens (tertiary/aromatic N) is 3. The second-order valence-corrected chi connectivity index (χ2v) is 4.19. The predicted octanol–water partition coefficient (Wildman–Crippen LogP) is 3.45. The maximum Gasteiger partial charge on any atom is 0.433 e. The van der Waals surface area contributed by atoms with Crippen LogP contribution in [0, 0.1) is 15.9 Å². The van der Waals surface area contributed by atoms with Gasteiger partial charge >= 0.3 is 5.88 Å². The van der Waals surface area contributed by atoms with Crippen molar-refractivity contribution in [3.05, 3.63) is 64.9 Å². The zero-order valence-electron chi connectivity index (χ0n) is 10.6. The monoisotopic (exact) mass is 285 g/mol. The van der Waals surface area contributed by atoms with Gasteiger partial charge < -0.3 is 4.42 Å². The van der Waals surface area contributed by atoms with Gasteiger partial charge in [0.15, 0.2) is 5.76 Å². The number of benzene rings is 1. The van der Waals surface area contributed by atoms with E-state index in [0.29, 0.717) is 16.8 Å². The van der Waals surface area contributed by atoms with Crippen molar-refractivity contribution in [3.8, 4) is 22.6 Å². The van der Waals surface area contributed by atoms with Gasteiger partial charge in [0.05, 0.1) is 6.07 Å². The summed E-state index contributed by atoms with van der Waals surface area (Å²) in [5, 5.41) is 10.7. The molecule has 21 heavy (non-hydrogen) atoms. The van der Waals surface area contributed by atoms with E-state index < -0.39 is 10.7 Å². The average molecular weight is 285 g/mol. The Morgan fingerprint density at radius 2 is 2.10 bits per heavy atom. The Bertz CT molecular complexity index is 816. The molecule has 0 aliphatic carbocycles. The molecule has 0 N–H and O–H groups in total. The standard InChI is InChI=1S/C14H8FN3O3/c15-10-3-1-2-9(6-10)11-7-16-8-17-14(11)12-4-5-13(21-12)18(19)20/h1-8H. The van der Waals surface area contributed by atoms with Crippen molar-refractivity contribution in [2.75, 3.05) is 0 Å². The number of halogens is 1. The summed E-state index contributed by atoms with van der Waals surface area (Å²) in [7, 11) is 0. The van der Waals surface area contributed by atoms with Gasteiger partial charge in [-0.25, -0.2) is 14.4 Å². The minimum Gasteiger partial charge on any atom is -0.399 e. The molecule has 0 saturated heterocycles. The highest BCUT2D eigenvalue weighted by atomic mass is 19.1. The minimum atomic E-state index is -0.632. The predicted molar refractivity (Wildman–Crippen MR) is 71.8 cm³/mol. The van der Waals surface area contributed by atoms with Crippen LogP contribution in [0.15, 0.2) is 53.3 Å². The van der Waals surface area contributed by atoms with E-state index in [-0.39, 0.29) is 11.6 Å². The lowest BCUT2D eigenvalue weighted by Gasteiger charge is -2.05. The SMILES string of the molecule is O=[N+]([O-])c1ccc(-c2ncncc2-c2cccc(F)c2)o1. The second kappa shape index (κ2) is 5.12. The average Bonchev–Trinajstić information content (AvgIpc) is 2.97. The second-order valence-electron chi connectivity index (χ2n) is 4.19. The molecule has 3 aromatic rings. The third-order valence-electron chi connectivity index (χ3n) is 2.85. The summed E-state index contributed by atoms with van der Waals surface area (Å²) in [6, 6.07) is 8.61. The maximum atomic E-state index is 13.3. The molecule has 3 rings (SSSR count). The summed E-state index contributed by atoms with van der Waals surface area (Å²) in [5.74, 6) is -0.551. The molecule has 0 unspecified atom stereocenters. The highest BCUT2D eigenvalue weighted by Crippen LogP contribution is 2.32. The number of furan rings is 1. The zero-order chi connectivity index (χ0) is 14.8. The largest absolute Gasteiger partial charge is 0.433 e. The van der Waals surface area contributed by atoms with Crippen molar-refractivity contribution in [2.45, 2.75) is 0 Å². The van der Waals surface area contributed by atoms with Crippen LogP contribution in [0.2, 0.25) is 0 Å². The summed E-state index contributed by atoms with van der Waals surface area (Å²) < 4.78 is 18.5. The molecule has 0 radical (unpaired) electrons. The molecule has 0 saturated carbocycles. The van der Waals surface area contributed by atoms with E-state index in [4.69, 9.17) is 4.42 Å². The molecule has 0 aliphatic heterocycles. The quantitative estimate of drug-likeness (QED) is 0.543. The summed E-state index contributed by atoms with van der Waals surface area (Å²) in [6.45, 7) is 0. The number of hydrogen-bond donors (Lipinski definition) is 0. The lowest BCUT2D eigenvalue weighted by atomic mass is 10.0. The van der Waals surface area contributed by atoms with Crippen LogP contribution in [0.4, 0.5) is 10.3 Å². The first-order valence-electron chi connectivity index (χ1n) is 5.95. The topological polar surface area (TPSA) is 82.1 Å². The van der Waals surface area contributed by atoms with Gasteiger partial charge in [0.1, 0.15) is 22.8 Å². The molecule has 0 atom stereocenters. The molecule has 0 aliphatic rings. The van der Waals surface area contributed by atoms with Gasteiger partial charge in [-0.3, -0.25) is 10.1 Å². The fourth-order valence-electron chi connectivity index (χ4n) is 1.95. The Balaban J connectivity index is 2.13. The molecular weight excluding hydrogens is 277 g/mol. The molecule has 2 heterocycles. The van der Waals surface area contributed by atoms with Gasteiger partial charge in [-0.05, 0) is 23.8 Å². The van der Waals surface area contributed by atoms with E-state index in [0.717, 1.165) is 0 Å². The minimum absolute atomic E-state index is 0.225. The summed E-state index contributed by atoms with van der Waals surface area (Å²) >= 11 is 0. The Kier molecular flexibility index (Phi) is 3.15. The van der Waals surface area contributed by atoms with Crippen LogP contribution in [0.25, 0.3) is 22.6 Å². The lowest BCUT2D eigenvalue weighted by Crippen LogP contribution is -1.90. The van der Waals surface area contributed by atoms with Gasteiger partial charge in [0.2, 0.25) is 0 Å². The van der Waals surface area contributed by atoms with E-state index in [1.807, 2.05) is 0 Å². The van der Waals surface area contributed by atoms with Crippen molar-refractivity contribution >= 4 is 5.88 Å². The number of nitro groups is 1. The lowest BCUT2D eigenvalue weighted by molar-refractivity contribution is -0.401. The Labute approximate surface area is 118 Å². The van der Waals surface area contributed by atoms with Gasteiger partial charge in [0, 0.05) is 11.8 Å². The number of rotatable bonds is 3. The van der Waals surface area contributed by atoms with E-state index in [1.165, 1.54) is 36.8 Å². The third-order valence-corrected chi connectivity index (χ3v) is 2.85. The van der Waals surface area contributed by atoms with E-state index in [2.05, 4.69) is 9.97 Å². The molecular formula is C14H8FN3O3. The van der Waals surface area contributed by atoms with Crippen LogP contribution < -0.4 is 0 Å². The van der Waals surface area contributed by atoms with Crippen molar-refractivity contribution in [1.82, 2.24) is 9.97 Å². The van der Waals surface area contributed by atoms with Crippen molar-refractivity contribution in [3.63, 3.8) is 0 Å². The normalized spacial score (nSPS) is 10.5. The molecule has 0 spiro atoms. The molecule has 7 heteroatoms. The van der Waals surface area contributed by atoms with E-state index >= 15 is 0 Å². The molecule has 0 fully saturated rings. The molecule has 2 aromatic heterocycles. The molecule has 6 nitrogen and oxygen atoms in total. The van der Waals surface area contributed by atoms with Crippen molar-refractivity contribution < 1.29 is 13.7 Å². The fourth-order valence-corrected chi connectivity index (χ4v) is 1.95. The Morgan fingerprint density at radius 3 is 2.81 bits per heavy atom. The van der Waals surface area contributed by atoms with Gasteiger partial charge in [-0.1, -0.05) is 12.1 Å². The van der Waals surface area contributed by atoms with E-state index in [1.54, 1.807) is 12.1 Å². The summed E-state index contributed by atoms with van der Waals surface area (Å²) in [4.78, 5) is 18.0. The molecule has 0 bridgehead atoms. The maximum absolute atomic E-state index is 13.3. The van der Waals surface area contributed by atoms with Crippen LogP contribution >= 0.6 is 0 Å². The third kappa shape index (κ3) is 2.48. The van der Waals surface area contributed by atoms with Crippen LogP contribution in [-0.4, -0.2) is 14.9 Å². The number of hydrogen-bond acceptors (Lipinski definition) is 5. The van der Waals surface area contributed by atoms with Crippen LogP contribution in [-0.2, 0) is 0 Å². The summed E-state index contributed by atoms with van der Waals surface area (Å²) in [5.41, 5.74) is 1.45. The molecule has 104 valence electrons. The van der Waals surface area contributed by atoms with Crippen molar-refractivity contribution in [1.29, 1.82) is 0 Å². The van der Waals surface area contributed by atoms with Crippen molar-refractivity contribution in [2.24, 2.45) is 0 Å².